The van der Waals surface area contributed by atoms with Gasteiger partial charge in [-0.15, -0.1) is 0 Å². The summed E-state index contributed by atoms with van der Waals surface area (Å²) in [6.07, 6.45) is 3.78. The van der Waals surface area contributed by atoms with Gasteiger partial charge in [0, 0.05) is 12.1 Å². The Morgan fingerprint density at radius 1 is 1.27 bits per heavy atom. The fraction of sp³-hybridized carbons (Fsp3) is 1.00. The van der Waals surface area contributed by atoms with Crippen LogP contribution in [-0.2, 0) is 0 Å². The van der Waals surface area contributed by atoms with Crippen LogP contribution in [0.2, 0.25) is 0 Å². The molecule has 0 spiro atoms. The van der Waals surface area contributed by atoms with E-state index in [0.29, 0.717) is 12.1 Å². The summed E-state index contributed by atoms with van der Waals surface area (Å²) in [6.45, 7) is 2.32. The molecule has 0 aromatic carbocycles. The van der Waals surface area contributed by atoms with E-state index in [4.69, 9.17) is 5.73 Å². The summed E-state index contributed by atoms with van der Waals surface area (Å²) < 4.78 is 0. The highest BCUT2D eigenvalue weighted by Crippen LogP contribution is 2.25. The number of nitrogens with zero attached hydrogens (tertiary/aromatic N) is 1. The average Bonchev–Trinajstić information content (AvgIpc) is 1.94. The van der Waals surface area contributed by atoms with Gasteiger partial charge in [-0.2, -0.15) is 0 Å². The standard InChI is InChI=1S/C9H20N2/c1-7-4-5-8(10)9(6-7)11(2)3/h7-9H,4-6,10H2,1-3H3/t7-,8-,9-/m0/s1. The van der Waals surface area contributed by atoms with Crippen molar-refractivity contribution in [3.8, 4) is 0 Å². The quantitative estimate of drug-likeness (QED) is 0.615. The summed E-state index contributed by atoms with van der Waals surface area (Å²) in [5.41, 5.74) is 6.00. The van der Waals surface area contributed by atoms with Crippen LogP contribution < -0.4 is 5.73 Å². The number of nitrogens with two attached hydrogens (primary N) is 1. The van der Waals surface area contributed by atoms with E-state index in [1.54, 1.807) is 0 Å². The summed E-state index contributed by atoms with van der Waals surface area (Å²) in [4.78, 5) is 2.26. The van der Waals surface area contributed by atoms with E-state index in [1.165, 1.54) is 19.3 Å². The van der Waals surface area contributed by atoms with Crippen molar-refractivity contribution in [1.29, 1.82) is 0 Å². The fourth-order valence-electron chi connectivity index (χ4n) is 1.97. The first-order chi connectivity index (χ1) is 5.11. The molecule has 1 aliphatic rings. The van der Waals surface area contributed by atoms with Crippen molar-refractivity contribution in [3.63, 3.8) is 0 Å². The molecule has 0 heterocycles. The lowest BCUT2D eigenvalue weighted by Crippen LogP contribution is -2.47. The zero-order valence-corrected chi connectivity index (χ0v) is 7.88. The van der Waals surface area contributed by atoms with Crippen LogP contribution >= 0.6 is 0 Å². The van der Waals surface area contributed by atoms with Gasteiger partial charge >= 0.3 is 0 Å². The van der Waals surface area contributed by atoms with E-state index in [1.807, 2.05) is 0 Å². The molecule has 11 heavy (non-hydrogen) atoms. The van der Waals surface area contributed by atoms with Gasteiger partial charge in [-0.05, 0) is 39.3 Å². The minimum absolute atomic E-state index is 0.404. The Kier molecular flexibility index (Phi) is 2.90. The van der Waals surface area contributed by atoms with E-state index in [0.717, 1.165) is 5.92 Å². The predicted octanol–water partition coefficient (Wildman–Crippen LogP) is 1.06. The maximum absolute atomic E-state index is 6.00. The summed E-state index contributed by atoms with van der Waals surface area (Å²) in [5, 5.41) is 0. The Hall–Kier alpha value is -0.0800. The summed E-state index contributed by atoms with van der Waals surface area (Å²) in [7, 11) is 4.26. The number of hydrogen-bond donors (Lipinski definition) is 1. The molecule has 1 rings (SSSR count). The van der Waals surface area contributed by atoms with Crippen LogP contribution in [0.4, 0.5) is 0 Å². The van der Waals surface area contributed by atoms with Crippen LogP contribution in [0, 0.1) is 5.92 Å². The first-order valence-electron chi connectivity index (χ1n) is 4.53. The first kappa shape index (κ1) is 9.01. The Morgan fingerprint density at radius 2 is 1.91 bits per heavy atom. The lowest BCUT2D eigenvalue weighted by molar-refractivity contribution is 0.168. The fourth-order valence-corrected chi connectivity index (χ4v) is 1.97. The van der Waals surface area contributed by atoms with Crippen molar-refractivity contribution in [1.82, 2.24) is 4.90 Å². The molecule has 1 saturated carbocycles. The second kappa shape index (κ2) is 3.55. The maximum Gasteiger partial charge on any atom is 0.0243 e. The molecule has 0 radical (unpaired) electrons. The molecule has 1 fully saturated rings. The third kappa shape index (κ3) is 2.17. The predicted molar refractivity (Wildman–Crippen MR) is 48.5 cm³/mol. The second-order valence-electron chi connectivity index (χ2n) is 4.11. The SMILES string of the molecule is C[C@H]1CC[C@H](N)[C@@H](N(C)C)C1. The average molecular weight is 156 g/mol. The molecule has 0 aliphatic heterocycles. The number of hydrogen-bond acceptors (Lipinski definition) is 2. The topological polar surface area (TPSA) is 29.3 Å². The van der Waals surface area contributed by atoms with Gasteiger partial charge in [-0.3, -0.25) is 0 Å². The first-order valence-corrected chi connectivity index (χ1v) is 4.53. The molecule has 2 heteroatoms. The third-order valence-corrected chi connectivity index (χ3v) is 2.79. The monoisotopic (exact) mass is 156 g/mol. The highest BCUT2D eigenvalue weighted by Gasteiger charge is 2.26. The molecule has 2 N–H and O–H groups in total. The van der Waals surface area contributed by atoms with Crippen molar-refractivity contribution in [2.45, 2.75) is 38.3 Å². The van der Waals surface area contributed by atoms with Crippen molar-refractivity contribution in [3.05, 3.63) is 0 Å². The van der Waals surface area contributed by atoms with Gasteiger partial charge in [0.25, 0.3) is 0 Å². The molecule has 2 nitrogen and oxygen atoms in total. The maximum atomic E-state index is 6.00. The lowest BCUT2D eigenvalue weighted by atomic mass is 9.83. The Balaban J connectivity index is 2.47. The Labute approximate surface area is 69.8 Å². The number of rotatable bonds is 1. The van der Waals surface area contributed by atoms with Gasteiger partial charge < -0.3 is 10.6 Å². The highest BCUT2D eigenvalue weighted by atomic mass is 15.1. The van der Waals surface area contributed by atoms with Crippen LogP contribution in [0.25, 0.3) is 0 Å². The molecule has 0 unspecified atom stereocenters. The molecule has 0 aromatic heterocycles. The van der Waals surface area contributed by atoms with Crippen molar-refractivity contribution < 1.29 is 0 Å². The number of likely N-dealkylation sites (N-methyl/N-ethyl adjacent to an activating group) is 1. The van der Waals surface area contributed by atoms with Crippen LogP contribution in [-0.4, -0.2) is 31.1 Å². The summed E-state index contributed by atoms with van der Waals surface area (Å²) in [5.74, 6) is 0.863. The minimum atomic E-state index is 0.404. The van der Waals surface area contributed by atoms with Crippen LogP contribution in [0.1, 0.15) is 26.2 Å². The molecule has 1 aliphatic carbocycles. The normalized spacial score (nSPS) is 39.5. The van der Waals surface area contributed by atoms with Crippen molar-refractivity contribution in [2.24, 2.45) is 11.7 Å². The summed E-state index contributed by atoms with van der Waals surface area (Å²) in [6, 6.07) is 1.01. The van der Waals surface area contributed by atoms with Crippen molar-refractivity contribution in [2.75, 3.05) is 14.1 Å². The van der Waals surface area contributed by atoms with E-state index in [2.05, 4.69) is 25.9 Å². The largest absolute Gasteiger partial charge is 0.326 e. The molecule has 3 atom stereocenters. The lowest BCUT2D eigenvalue weighted by Gasteiger charge is -2.36. The smallest absolute Gasteiger partial charge is 0.0243 e. The highest BCUT2D eigenvalue weighted by molar-refractivity contribution is 4.85. The van der Waals surface area contributed by atoms with E-state index >= 15 is 0 Å². The van der Waals surface area contributed by atoms with Crippen LogP contribution in [0.5, 0.6) is 0 Å². The molecule has 0 amide bonds. The van der Waals surface area contributed by atoms with E-state index in [9.17, 15) is 0 Å². The van der Waals surface area contributed by atoms with Crippen molar-refractivity contribution >= 4 is 0 Å². The van der Waals surface area contributed by atoms with Crippen LogP contribution in [0.15, 0.2) is 0 Å². The van der Waals surface area contributed by atoms with Gasteiger partial charge in [0.05, 0.1) is 0 Å². The Bertz CT molecular complexity index is 123. The third-order valence-electron chi connectivity index (χ3n) is 2.79. The molecular formula is C9H20N2. The van der Waals surface area contributed by atoms with Gasteiger partial charge in [0.2, 0.25) is 0 Å². The van der Waals surface area contributed by atoms with Gasteiger partial charge in [0.1, 0.15) is 0 Å². The molecule has 0 aromatic rings. The Morgan fingerprint density at radius 3 is 2.36 bits per heavy atom. The zero-order valence-electron chi connectivity index (χ0n) is 7.88. The van der Waals surface area contributed by atoms with E-state index in [-0.39, 0.29) is 0 Å². The zero-order chi connectivity index (χ0) is 8.43. The van der Waals surface area contributed by atoms with Gasteiger partial charge in [-0.1, -0.05) is 6.92 Å². The van der Waals surface area contributed by atoms with Gasteiger partial charge in [-0.25, -0.2) is 0 Å². The molecule has 0 saturated heterocycles. The second-order valence-corrected chi connectivity index (χ2v) is 4.11. The molecular weight excluding hydrogens is 136 g/mol. The van der Waals surface area contributed by atoms with Crippen LogP contribution in [0.3, 0.4) is 0 Å². The summed E-state index contributed by atoms with van der Waals surface area (Å²) >= 11 is 0. The molecule has 0 bridgehead atoms. The van der Waals surface area contributed by atoms with E-state index < -0.39 is 0 Å². The minimum Gasteiger partial charge on any atom is -0.326 e. The molecule has 66 valence electrons. The van der Waals surface area contributed by atoms with Gasteiger partial charge in [0.15, 0.2) is 0 Å².